The molecule has 158 valence electrons. The normalized spacial score (nSPS) is 16.3. The molecule has 6 heteroatoms. The quantitative estimate of drug-likeness (QED) is 0.308. The van der Waals surface area contributed by atoms with Gasteiger partial charge in [0.15, 0.2) is 5.96 Å². The summed E-state index contributed by atoms with van der Waals surface area (Å²) in [6.45, 7) is 8.36. The molecule has 0 unspecified atom stereocenters. The van der Waals surface area contributed by atoms with Gasteiger partial charge in [0, 0.05) is 53.0 Å². The van der Waals surface area contributed by atoms with E-state index in [9.17, 15) is 5.11 Å². The Balaban J connectivity index is 1.63. The summed E-state index contributed by atoms with van der Waals surface area (Å²) in [7, 11) is 1.80. The molecule has 1 aromatic rings. The largest absolute Gasteiger partial charge is 0.393 e. The number of guanidine groups is 1. The van der Waals surface area contributed by atoms with Crippen LogP contribution in [-0.2, 0) is 17.8 Å². The first-order valence-electron chi connectivity index (χ1n) is 10.7. The average molecular weight is 391 g/mol. The molecule has 0 bridgehead atoms. The van der Waals surface area contributed by atoms with Crippen molar-refractivity contribution in [3.8, 4) is 0 Å². The van der Waals surface area contributed by atoms with Crippen molar-refractivity contribution in [2.24, 2.45) is 4.99 Å². The molecular weight excluding hydrogens is 352 g/mol. The molecule has 1 aliphatic heterocycles. The maximum atomic E-state index is 9.61. The van der Waals surface area contributed by atoms with Crippen LogP contribution < -0.4 is 10.6 Å². The van der Waals surface area contributed by atoms with Crippen LogP contribution in [0.5, 0.6) is 0 Å². The first kappa shape index (κ1) is 22.7. The Morgan fingerprint density at radius 3 is 2.46 bits per heavy atom. The molecule has 1 aliphatic rings. The van der Waals surface area contributed by atoms with Gasteiger partial charge in [-0.15, -0.1) is 0 Å². The Morgan fingerprint density at radius 1 is 1.11 bits per heavy atom. The van der Waals surface area contributed by atoms with Crippen LogP contribution in [0, 0.1) is 0 Å². The van der Waals surface area contributed by atoms with Crippen LogP contribution in [0.3, 0.4) is 0 Å². The van der Waals surface area contributed by atoms with Gasteiger partial charge in [-0.2, -0.15) is 0 Å². The monoisotopic (exact) mass is 390 g/mol. The van der Waals surface area contributed by atoms with Crippen LogP contribution in [0.15, 0.2) is 29.3 Å². The van der Waals surface area contributed by atoms with Crippen molar-refractivity contribution < 1.29 is 9.84 Å². The lowest BCUT2D eigenvalue weighted by Gasteiger charge is -2.29. The number of hydrogen-bond donors (Lipinski definition) is 3. The highest BCUT2D eigenvalue weighted by atomic mass is 16.5. The zero-order valence-electron chi connectivity index (χ0n) is 17.6. The molecule has 0 radical (unpaired) electrons. The fourth-order valence-corrected chi connectivity index (χ4v) is 3.23. The number of piperidine rings is 1. The Morgan fingerprint density at radius 2 is 1.79 bits per heavy atom. The van der Waals surface area contributed by atoms with E-state index < -0.39 is 0 Å². The summed E-state index contributed by atoms with van der Waals surface area (Å²) in [5, 5.41) is 16.3. The lowest BCUT2D eigenvalue weighted by molar-refractivity contribution is 0.0792. The summed E-state index contributed by atoms with van der Waals surface area (Å²) in [6, 6.07) is 8.75. The highest BCUT2D eigenvalue weighted by Gasteiger charge is 2.16. The number of benzene rings is 1. The minimum atomic E-state index is -0.110. The second kappa shape index (κ2) is 13.5. The first-order chi connectivity index (χ1) is 13.7. The van der Waals surface area contributed by atoms with Gasteiger partial charge in [0.25, 0.3) is 0 Å². The summed E-state index contributed by atoms with van der Waals surface area (Å²) in [5.74, 6) is 0.824. The van der Waals surface area contributed by atoms with Gasteiger partial charge >= 0.3 is 0 Å². The van der Waals surface area contributed by atoms with Gasteiger partial charge in [-0.3, -0.25) is 9.89 Å². The second-order valence-corrected chi connectivity index (χ2v) is 7.50. The van der Waals surface area contributed by atoms with Gasteiger partial charge < -0.3 is 20.5 Å². The van der Waals surface area contributed by atoms with E-state index in [1.165, 1.54) is 17.5 Å². The van der Waals surface area contributed by atoms with Gasteiger partial charge in [0.1, 0.15) is 0 Å². The third kappa shape index (κ3) is 9.04. The number of nitrogens with one attached hydrogen (secondary N) is 2. The van der Waals surface area contributed by atoms with E-state index in [2.05, 4.69) is 51.7 Å². The van der Waals surface area contributed by atoms with E-state index in [-0.39, 0.29) is 6.10 Å². The van der Waals surface area contributed by atoms with Crippen LogP contribution in [0.25, 0.3) is 0 Å². The van der Waals surface area contributed by atoms with Crippen LogP contribution in [0.4, 0.5) is 0 Å². The van der Waals surface area contributed by atoms with E-state index in [0.29, 0.717) is 0 Å². The van der Waals surface area contributed by atoms with Gasteiger partial charge in [-0.25, -0.2) is 0 Å². The van der Waals surface area contributed by atoms with Crippen molar-refractivity contribution in [2.75, 3.05) is 39.9 Å². The number of ether oxygens (including phenoxy) is 1. The highest BCUT2D eigenvalue weighted by Crippen LogP contribution is 2.14. The van der Waals surface area contributed by atoms with Crippen molar-refractivity contribution in [3.63, 3.8) is 0 Å². The van der Waals surface area contributed by atoms with E-state index in [4.69, 9.17) is 4.74 Å². The molecule has 0 spiro atoms. The molecule has 3 N–H and O–H groups in total. The van der Waals surface area contributed by atoms with Gasteiger partial charge in [0.05, 0.1) is 6.10 Å². The van der Waals surface area contributed by atoms with Crippen molar-refractivity contribution in [1.82, 2.24) is 15.5 Å². The summed E-state index contributed by atoms with van der Waals surface area (Å²) >= 11 is 0. The Kier molecular flexibility index (Phi) is 10.9. The van der Waals surface area contributed by atoms with Gasteiger partial charge in [0.2, 0.25) is 0 Å². The number of nitrogens with zero attached hydrogens (tertiary/aromatic N) is 2. The predicted octanol–water partition coefficient (Wildman–Crippen LogP) is 2.52. The number of aliphatic hydroxyl groups excluding tert-OH is 1. The van der Waals surface area contributed by atoms with Crippen LogP contribution in [0.2, 0.25) is 0 Å². The maximum absolute atomic E-state index is 9.61. The Bertz CT molecular complexity index is 554. The summed E-state index contributed by atoms with van der Waals surface area (Å²) in [4.78, 5) is 6.69. The Labute approximate surface area is 170 Å². The molecule has 1 fully saturated rings. The number of aliphatic imine (C=N–C) groups is 1. The molecule has 0 atom stereocenters. The van der Waals surface area contributed by atoms with E-state index >= 15 is 0 Å². The number of likely N-dealkylation sites (tertiary alicyclic amines) is 1. The lowest BCUT2D eigenvalue weighted by Crippen LogP contribution is -2.37. The lowest BCUT2D eigenvalue weighted by atomic mass is 10.1. The second-order valence-electron chi connectivity index (χ2n) is 7.50. The van der Waals surface area contributed by atoms with Crippen molar-refractivity contribution in [1.29, 1.82) is 0 Å². The fourth-order valence-electron chi connectivity index (χ4n) is 3.23. The molecule has 1 saturated heterocycles. The van der Waals surface area contributed by atoms with Crippen LogP contribution >= 0.6 is 0 Å². The third-order valence-corrected chi connectivity index (χ3v) is 5.07. The molecule has 2 rings (SSSR count). The van der Waals surface area contributed by atoms with E-state index in [0.717, 1.165) is 77.6 Å². The molecule has 1 aromatic carbocycles. The van der Waals surface area contributed by atoms with E-state index in [1.54, 1.807) is 7.05 Å². The first-order valence-corrected chi connectivity index (χ1v) is 10.7. The molecule has 0 aliphatic carbocycles. The predicted molar refractivity (Wildman–Crippen MR) is 116 cm³/mol. The van der Waals surface area contributed by atoms with Crippen molar-refractivity contribution in [3.05, 3.63) is 35.4 Å². The molecular formula is C22H38N4O2. The minimum absolute atomic E-state index is 0.110. The van der Waals surface area contributed by atoms with Gasteiger partial charge in [-0.05, 0) is 36.8 Å². The molecule has 0 aromatic heterocycles. The number of hydrogen-bond acceptors (Lipinski definition) is 4. The topological polar surface area (TPSA) is 69.1 Å². The van der Waals surface area contributed by atoms with Crippen molar-refractivity contribution >= 4 is 5.96 Å². The van der Waals surface area contributed by atoms with Crippen LogP contribution in [0.1, 0.15) is 50.2 Å². The third-order valence-electron chi connectivity index (χ3n) is 5.07. The molecule has 28 heavy (non-hydrogen) atoms. The number of aliphatic hydroxyl groups is 1. The smallest absolute Gasteiger partial charge is 0.191 e. The highest BCUT2D eigenvalue weighted by molar-refractivity contribution is 5.79. The summed E-state index contributed by atoms with van der Waals surface area (Å²) in [6.07, 6.45) is 4.96. The molecule has 1 heterocycles. The average Bonchev–Trinajstić information content (AvgIpc) is 2.72. The molecule has 6 nitrogen and oxygen atoms in total. The SMILES string of the molecule is CCCCOCCCNC(=NC)NCc1ccc(CN2CCC(O)CC2)cc1. The fraction of sp³-hybridized carbons (Fsp3) is 0.682. The standard InChI is InChI=1S/C22H38N4O2/c1-3-4-15-28-16-5-12-24-22(23-2)25-17-19-6-8-20(9-7-19)18-26-13-10-21(27)11-14-26/h6-9,21,27H,3-5,10-18H2,1-2H3,(H2,23,24,25). The number of rotatable bonds is 11. The summed E-state index contributed by atoms with van der Waals surface area (Å²) < 4.78 is 5.57. The Hall–Kier alpha value is -1.63. The van der Waals surface area contributed by atoms with Crippen molar-refractivity contribution in [2.45, 2.75) is 58.2 Å². The number of unbranched alkanes of at least 4 members (excludes halogenated alkanes) is 1. The molecule has 0 amide bonds. The molecule has 0 saturated carbocycles. The van der Waals surface area contributed by atoms with E-state index in [1.807, 2.05) is 0 Å². The minimum Gasteiger partial charge on any atom is -0.393 e. The van der Waals surface area contributed by atoms with Gasteiger partial charge in [-0.1, -0.05) is 37.6 Å². The zero-order chi connectivity index (χ0) is 20.0. The summed E-state index contributed by atoms with van der Waals surface area (Å²) in [5.41, 5.74) is 2.56. The van der Waals surface area contributed by atoms with Crippen LogP contribution in [-0.4, -0.2) is 62.0 Å². The zero-order valence-corrected chi connectivity index (χ0v) is 17.6. The maximum Gasteiger partial charge on any atom is 0.191 e.